The monoisotopic (exact) mass is 361 g/mol. The Morgan fingerprint density at radius 1 is 1.18 bits per heavy atom. The second-order valence-corrected chi connectivity index (χ2v) is 8.17. The normalized spacial score (nSPS) is 12.9. The average molecular weight is 362 g/mol. The summed E-state index contributed by atoms with van der Waals surface area (Å²) < 4.78 is 38.4. The van der Waals surface area contributed by atoms with E-state index < -0.39 is 16.1 Å². The van der Waals surface area contributed by atoms with Gasteiger partial charge in [-0.1, -0.05) is 11.6 Å². The van der Waals surface area contributed by atoms with Crippen molar-refractivity contribution in [3.63, 3.8) is 0 Å². The molecule has 0 fully saturated rings. The minimum atomic E-state index is -3.64. The van der Waals surface area contributed by atoms with Crippen molar-refractivity contribution in [2.24, 2.45) is 0 Å². The molecule has 1 atom stereocenters. The molecule has 0 saturated heterocycles. The van der Waals surface area contributed by atoms with Crippen LogP contribution in [0.25, 0.3) is 0 Å². The first-order valence-corrected chi connectivity index (χ1v) is 9.04. The van der Waals surface area contributed by atoms with Gasteiger partial charge in [0, 0.05) is 11.6 Å². The number of rotatable bonds is 6. The molecule has 1 N–H and O–H groups in total. The van der Waals surface area contributed by atoms with Gasteiger partial charge in [-0.2, -0.15) is 0 Å². The summed E-state index contributed by atoms with van der Waals surface area (Å²) in [6, 6.07) is 7.77. The van der Waals surface area contributed by atoms with Crippen LogP contribution in [-0.2, 0) is 10.0 Å². The Hall–Kier alpha value is -1.28. The maximum Gasteiger partial charge on any atom is 0.250 e. The lowest BCUT2D eigenvalue weighted by Gasteiger charge is -2.17. The lowest BCUT2D eigenvalue weighted by Crippen LogP contribution is -2.26. The van der Waals surface area contributed by atoms with Gasteiger partial charge < -0.3 is 9.47 Å². The summed E-state index contributed by atoms with van der Waals surface area (Å²) in [7, 11) is -0.561. The molecule has 0 spiro atoms. The number of benzene rings is 1. The Balaban J connectivity index is 2.30. The van der Waals surface area contributed by atoms with E-state index in [4.69, 9.17) is 21.1 Å². The quantitative estimate of drug-likeness (QED) is 0.855. The van der Waals surface area contributed by atoms with Crippen LogP contribution in [0, 0.1) is 0 Å². The molecule has 2 rings (SSSR count). The van der Waals surface area contributed by atoms with E-state index in [-0.39, 0.29) is 4.21 Å². The van der Waals surface area contributed by atoms with Crippen LogP contribution in [0.5, 0.6) is 11.5 Å². The number of halogens is 1. The molecule has 0 radical (unpaired) electrons. The molecule has 1 aromatic carbocycles. The Morgan fingerprint density at radius 3 is 2.45 bits per heavy atom. The van der Waals surface area contributed by atoms with E-state index in [1.807, 2.05) is 0 Å². The number of thiophene rings is 1. The van der Waals surface area contributed by atoms with Crippen molar-refractivity contribution < 1.29 is 17.9 Å². The Bertz CT molecular complexity index is 758. The van der Waals surface area contributed by atoms with E-state index in [9.17, 15) is 8.42 Å². The standard InChI is InChI=1S/C14H16ClNO4S2/c1-9(11-8-10(19-2)4-5-12(11)20-3)16-22(17,18)14-7-6-13(15)21-14/h4-9,16H,1-3H3/t9-/m0/s1. The summed E-state index contributed by atoms with van der Waals surface area (Å²) in [4.78, 5) is 0. The topological polar surface area (TPSA) is 64.6 Å². The molecule has 0 unspecified atom stereocenters. The molecule has 8 heteroatoms. The third kappa shape index (κ3) is 3.73. The molecule has 0 aliphatic rings. The number of hydrogen-bond acceptors (Lipinski definition) is 5. The highest BCUT2D eigenvalue weighted by atomic mass is 35.5. The van der Waals surface area contributed by atoms with E-state index in [1.165, 1.54) is 13.2 Å². The summed E-state index contributed by atoms with van der Waals surface area (Å²) in [6.45, 7) is 1.74. The van der Waals surface area contributed by atoms with Crippen LogP contribution >= 0.6 is 22.9 Å². The molecule has 0 saturated carbocycles. The van der Waals surface area contributed by atoms with Crippen molar-refractivity contribution in [3.05, 3.63) is 40.2 Å². The van der Waals surface area contributed by atoms with Gasteiger partial charge in [-0.25, -0.2) is 13.1 Å². The lowest BCUT2D eigenvalue weighted by atomic mass is 10.1. The van der Waals surface area contributed by atoms with Gasteiger partial charge >= 0.3 is 0 Å². The van der Waals surface area contributed by atoms with E-state index in [1.54, 1.807) is 38.3 Å². The van der Waals surface area contributed by atoms with Crippen molar-refractivity contribution in [2.45, 2.75) is 17.2 Å². The number of hydrogen-bond donors (Lipinski definition) is 1. The van der Waals surface area contributed by atoms with E-state index >= 15 is 0 Å². The van der Waals surface area contributed by atoms with Crippen molar-refractivity contribution in [1.82, 2.24) is 4.72 Å². The molecular weight excluding hydrogens is 346 g/mol. The van der Waals surface area contributed by atoms with Gasteiger partial charge in [-0.3, -0.25) is 0 Å². The lowest BCUT2D eigenvalue weighted by molar-refractivity contribution is 0.395. The van der Waals surface area contributed by atoms with Gasteiger partial charge in [-0.05, 0) is 37.3 Å². The van der Waals surface area contributed by atoms with Gasteiger partial charge in [0.2, 0.25) is 0 Å². The Morgan fingerprint density at radius 2 is 1.91 bits per heavy atom. The molecule has 2 aromatic rings. The predicted molar refractivity (Wildman–Crippen MR) is 87.6 cm³/mol. The molecular formula is C14H16ClNO4S2. The maximum atomic E-state index is 12.4. The zero-order chi connectivity index (χ0) is 16.3. The van der Waals surface area contributed by atoms with Crippen LogP contribution in [0.15, 0.2) is 34.5 Å². The predicted octanol–water partition coefficient (Wildman–Crippen LogP) is 3.46. The van der Waals surface area contributed by atoms with E-state index in [2.05, 4.69) is 4.72 Å². The molecule has 0 amide bonds. The number of ether oxygens (including phenoxy) is 2. The van der Waals surface area contributed by atoms with Gasteiger partial charge in [0.15, 0.2) is 0 Å². The summed E-state index contributed by atoms with van der Waals surface area (Å²) in [5.41, 5.74) is 0.688. The summed E-state index contributed by atoms with van der Waals surface area (Å²) in [5.74, 6) is 1.21. The third-order valence-corrected chi connectivity index (χ3v) is 6.31. The summed E-state index contributed by atoms with van der Waals surface area (Å²) >= 11 is 6.81. The van der Waals surface area contributed by atoms with Crippen LogP contribution < -0.4 is 14.2 Å². The summed E-state index contributed by atoms with van der Waals surface area (Å²) in [5, 5.41) is 0. The molecule has 0 bridgehead atoms. The van der Waals surface area contributed by atoms with Crippen molar-refractivity contribution in [1.29, 1.82) is 0 Å². The van der Waals surface area contributed by atoms with Gasteiger partial charge in [0.25, 0.3) is 10.0 Å². The van der Waals surface area contributed by atoms with Gasteiger partial charge in [0.1, 0.15) is 15.7 Å². The van der Waals surface area contributed by atoms with Crippen molar-refractivity contribution >= 4 is 33.0 Å². The average Bonchev–Trinajstić information content (AvgIpc) is 2.93. The second-order valence-electron chi connectivity index (χ2n) is 4.51. The Labute approximate surface area is 138 Å². The highest BCUT2D eigenvalue weighted by Crippen LogP contribution is 2.31. The SMILES string of the molecule is COc1ccc(OC)c([C@H](C)NS(=O)(=O)c2ccc(Cl)s2)c1. The molecule has 5 nitrogen and oxygen atoms in total. The maximum absolute atomic E-state index is 12.4. The first-order chi connectivity index (χ1) is 10.4. The minimum Gasteiger partial charge on any atom is -0.497 e. The fraction of sp³-hybridized carbons (Fsp3) is 0.286. The van der Waals surface area contributed by atoms with E-state index in [0.29, 0.717) is 21.4 Å². The van der Waals surface area contributed by atoms with Gasteiger partial charge in [0.05, 0.1) is 18.6 Å². The minimum absolute atomic E-state index is 0.172. The third-order valence-electron chi connectivity index (χ3n) is 3.05. The fourth-order valence-electron chi connectivity index (χ4n) is 1.97. The zero-order valence-electron chi connectivity index (χ0n) is 12.3. The molecule has 22 heavy (non-hydrogen) atoms. The fourth-order valence-corrected chi connectivity index (χ4v) is 4.70. The second kappa shape index (κ2) is 6.87. The smallest absolute Gasteiger partial charge is 0.250 e. The Kier molecular flexibility index (Phi) is 5.33. The highest BCUT2D eigenvalue weighted by molar-refractivity contribution is 7.91. The number of sulfonamides is 1. The molecule has 1 aromatic heterocycles. The van der Waals surface area contributed by atoms with Crippen LogP contribution in [0.3, 0.4) is 0 Å². The van der Waals surface area contributed by atoms with Crippen molar-refractivity contribution in [2.75, 3.05) is 14.2 Å². The van der Waals surface area contributed by atoms with E-state index in [0.717, 1.165) is 11.3 Å². The van der Waals surface area contributed by atoms with Gasteiger partial charge in [-0.15, -0.1) is 11.3 Å². The van der Waals surface area contributed by atoms with Crippen LogP contribution in [0.2, 0.25) is 4.34 Å². The van der Waals surface area contributed by atoms with Crippen LogP contribution in [0.1, 0.15) is 18.5 Å². The largest absolute Gasteiger partial charge is 0.497 e. The number of nitrogens with one attached hydrogen (secondary N) is 1. The molecule has 1 heterocycles. The summed E-state index contributed by atoms with van der Waals surface area (Å²) in [6.07, 6.45) is 0. The first kappa shape index (κ1) is 17.1. The highest BCUT2D eigenvalue weighted by Gasteiger charge is 2.22. The van der Waals surface area contributed by atoms with Crippen LogP contribution in [0.4, 0.5) is 0 Å². The van der Waals surface area contributed by atoms with Crippen LogP contribution in [-0.4, -0.2) is 22.6 Å². The number of methoxy groups -OCH3 is 2. The molecule has 120 valence electrons. The molecule has 0 aliphatic heterocycles. The first-order valence-electron chi connectivity index (χ1n) is 6.37. The molecule has 0 aliphatic carbocycles. The zero-order valence-corrected chi connectivity index (χ0v) is 14.7. The van der Waals surface area contributed by atoms with Crippen molar-refractivity contribution in [3.8, 4) is 11.5 Å².